The van der Waals surface area contributed by atoms with Gasteiger partial charge in [0.1, 0.15) is 6.29 Å². The molecule has 0 radical (unpaired) electrons. The maximum Gasteiger partial charge on any atom is 0.257 e. The molecule has 0 atom stereocenters. The number of nitrogens with zero attached hydrogens (tertiary/aromatic N) is 2. The van der Waals surface area contributed by atoms with Gasteiger partial charge < -0.3 is 4.52 Å². The smallest absolute Gasteiger partial charge is 0.257 e. The lowest BCUT2D eigenvalue weighted by Crippen LogP contribution is -1.89. The molecule has 0 unspecified atom stereocenters. The zero-order chi connectivity index (χ0) is 14.2. The molecule has 4 nitrogen and oxygen atoms in total. The van der Waals surface area contributed by atoms with Gasteiger partial charge in [-0.3, -0.25) is 4.79 Å². The highest BCUT2D eigenvalue weighted by molar-refractivity contribution is 5.75. The number of aryl methyl sites for hydroxylation is 1. The zero-order valence-corrected chi connectivity index (χ0v) is 11.8. The fourth-order valence-corrected chi connectivity index (χ4v) is 2.06. The highest BCUT2D eigenvalue weighted by atomic mass is 16.5. The summed E-state index contributed by atoms with van der Waals surface area (Å²) in [5.41, 5.74) is 1.49. The Labute approximate surface area is 119 Å². The molecular formula is C16H20N2O2. The Balaban J connectivity index is 1.89. The van der Waals surface area contributed by atoms with Crippen LogP contribution in [0, 0.1) is 0 Å². The van der Waals surface area contributed by atoms with E-state index in [2.05, 4.69) is 17.1 Å². The molecule has 4 heteroatoms. The van der Waals surface area contributed by atoms with Gasteiger partial charge >= 0.3 is 0 Å². The number of unbranched alkanes of at least 4 members (excludes halogenated alkanes) is 4. The zero-order valence-electron chi connectivity index (χ0n) is 11.8. The number of aromatic nitrogens is 2. The summed E-state index contributed by atoms with van der Waals surface area (Å²) in [6.45, 7) is 2.21. The van der Waals surface area contributed by atoms with E-state index in [0.717, 1.165) is 30.5 Å². The Morgan fingerprint density at radius 2 is 1.85 bits per heavy atom. The van der Waals surface area contributed by atoms with Crippen LogP contribution < -0.4 is 0 Å². The number of rotatable bonds is 8. The van der Waals surface area contributed by atoms with Crippen LogP contribution in [0.1, 0.15) is 55.2 Å². The molecule has 2 rings (SSSR count). The van der Waals surface area contributed by atoms with Gasteiger partial charge in [-0.2, -0.15) is 4.98 Å². The van der Waals surface area contributed by atoms with Crippen molar-refractivity contribution >= 4 is 6.29 Å². The van der Waals surface area contributed by atoms with Gasteiger partial charge in [-0.25, -0.2) is 0 Å². The predicted molar refractivity (Wildman–Crippen MR) is 77.6 cm³/mol. The number of hydrogen-bond acceptors (Lipinski definition) is 4. The van der Waals surface area contributed by atoms with Crippen LogP contribution >= 0.6 is 0 Å². The average Bonchev–Trinajstić information content (AvgIpc) is 2.96. The molecule has 0 amide bonds. The van der Waals surface area contributed by atoms with Gasteiger partial charge in [0, 0.05) is 17.5 Å². The molecule has 0 saturated carbocycles. The lowest BCUT2D eigenvalue weighted by Gasteiger charge is -1.96. The quantitative estimate of drug-likeness (QED) is 0.537. The first-order valence-corrected chi connectivity index (χ1v) is 7.21. The second-order valence-corrected chi connectivity index (χ2v) is 4.92. The van der Waals surface area contributed by atoms with Crippen LogP contribution in [0.4, 0.5) is 0 Å². The maximum atomic E-state index is 10.6. The van der Waals surface area contributed by atoms with Crippen LogP contribution in [-0.2, 0) is 6.42 Å². The Bertz CT molecular complexity index is 532. The summed E-state index contributed by atoms with van der Waals surface area (Å²) in [5.74, 6) is 1.28. The van der Waals surface area contributed by atoms with Crippen molar-refractivity contribution in [1.82, 2.24) is 10.1 Å². The van der Waals surface area contributed by atoms with Gasteiger partial charge in [0.05, 0.1) is 0 Å². The molecule has 0 aliphatic heterocycles. The summed E-state index contributed by atoms with van der Waals surface area (Å²) >= 11 is 0. The third-order valence-corrected chi connectivity index (χ3v) is 3.27. The van der Waals surface area contributed by atoms with Crippen LogP contribution in [0.5, 0.6) is 0 Å². The average molecular weight is 272 g/mol. The molecule has 0 spiro atoms. The third-order valence-electron chi connectivity index (χ3n) is 3.27. The van der Waals surface area contributed by atoms with Crippen molar-refractivity contribution in [2.24, 2.45) is 0 Å². The van der Waals surface area contributed by atoms with E-state index in [9.17, 15) is 4.79 Å². The van der Waals surface area contributed by atoms with Gasteiger partial charge in [-0.05, 0) is 18.6 Å². The molecule has 1 heterocycles. The van der Waals surface area contributed by atoms with E-state index in [1.54, 1.807) is 12.1 Å². The van der Waals surface area contributed by atoms with E-state index in [-0.39, 0.29) is 0 Å². The minimum atomic E-state index is 0.519. The fraction of sp³-hybridized carbons (Fsp3) is 0.438. The third kappa shape index (κ3) is 4.02. The van der Waals surface area contributed by atoms with Crippen molar-refractivity contribution in [2.75, 3.05) is 0 Å². The molecule has 0 bridgehead atoms. The summed E-state index contributed by atoms with van der Waals surface area (Å²) in [7, 11) is 0. The van der Waals surface area contributed by atoms with E-state index in [1.165, 1.54) is 25.7 Å². The summed E-state index contributed by atoms with van der Waals surface area (Å²) in [4.78, 5) is 15.0. The van der Waals surface area contributed by atoms with Crippen molar-refractivity contribution in [1.29, 1.82) is 0 Å². The van der Waals surface area contributed by atoms with Crippen LogP contribution in [0.15, 0.2) is 28.8 Å². The summed E-state index contributed by atoms with van der Waals surface area (Å²) in [5, 5.41) is 4.00. The number of carbonyl (C=O) groups excluding carboxylic acids is 1. The van der Waals surface area contributed by atoms with E-state index in [4.69, 9.17) is 4.52 Å². The maximum absolute atomic E-state index is 10.6. The standard InChI is InChI=1S/C16H20N2O2/c1-2-3-4-5-6-7-15-17-16(20-18-15)14-10-8-13(12-19)9-11-14/h8-12H,2-7H2,1H3. The van der Waals surface area contributed by atoms with Gasteiger partial charge in [-0.15, -0.1) is 0 Å². The number of aldehydes is 1. The fourth-order valence-electron chi connectivity index (χ4n) is 2.06. The SMILES string of the molecule is CCCCCCCc1noc(-c2ccc(C=O)cc2)n1. The number of hydrogen-bond donors (Lipinski definition) is 0. The van der Waals surface area contributed by atoms with Crippen molar-refractivity contribution in [2.45, 2.75) is 45.4 Å². The summed E-state index contributed by atoms with van der Waals surface area (Å²) in [6, 6.07) is 7.14. The second-order valence-electron chi connectivity index (χ2n) is 4.92. The first kappa shape index (κ1) is 14.4. The second kappa shape index (κ2) is 7.58. The van der Waals surface area contributed by atoms with E-state index < -0.39 is 0 Å². The molecule has 1 aromatic carbocycles. The molecule has 0 fully saturated rings. The van der Waals surface area contributed by atoms with Gasteiger partial charge in [0.2, 0.25) is 0 Å². The first-order chi connectivity index (χ1) is 9.83. The lowest BCUT2D eigenvalue weighted by molar-refractivity contribution is 0.112. The largest absolute Gasteiger partial charge is 0.334 e. The van der Waals surface area contributed by atoms with Crippen LogP contribution in [-0.4, -0.2) is 16.4 Å². The van der Waals surface area contributed by atoms with Gasteiger partial charge in [0.15, 0.2) is 5.82 Å². The van der Waals surface area contributed by atoms with Crippen LogP contribution in [0.3, 0.4) is 0 Å². The van der Waals surface area contributed by atoms with E-state index >= 15 is 0 Å². The molecule has 0 aliphatic rings. The lowest BCUT2D eigenvalue weighted by atomic mass is 10.1. The Morgan fingerprint density at radius 1 is 1.10 bits per heavy atom. The minimum absolute atomic E-state index is 0.519. The molecule has 0 N–H and O–H groups in total. The topological polar surface area (TPSA) is 56.0 Å². The number of benzene rings is 1. The Morgan fingerprint density at radius 3 is 2.55 bits per heavy atom. The Hall–Kier alpha value is -1.97. The van der Waals surface area contributed by atoms with Crippen molar-refractivity contribution in [3.63, 3.8) is 0 Å². The normalized spacial score (nSPS) is 10.7. The van der Waals surface area contributed by atoms with Crippen LogP contribution in [0.2, 0.25) is 0 Å². The highest BCUT2D eigenvalue weighted by Crippen LogP contribution is 2.18. The van der Waals surface area contributed by atoms with Crippen molar-refractivity contribution in [3.05, 3.63) is 35.7 Å². The van der Waals surface area contributed by atoms with Gasteiger partial charge in [-0.1, -0.05) is 49.9 Å². The van der Waals surface area contributed by atoms with Crippen molar-refractivity contribution in [3.8, 4) is 11.5 Å². The number of carbonyl (C=O) groups is 1. The summed E-state index contributed by atoms with van der Waals surface area (Å²) in [6.07, 6.45) is 7.81. The molecule has 0 saturated heterocycles. The monoisotopic (exact) mass is 272 g/mol. The minimum Gasteiger partial charge on any atom is -0.334 e. The molecular weight excluding hydrogens is 252 g/mol. The molecule has 106 valence electrons. The highest BCUT2D eigenvalue weighted by Gasteiger charge is 2.08. The molecule has 0 aliphatic carbocycles. The molecule has 20 heavy (non-hydrogen) atoms. The molecule has 1 aromatic heterocycles. The van der Waals surface area contributed by atoms with Gasteiger partial charge in [0.25, 0.3) is 5.89 Å². The van der Waals surface area contributed by atoms with E-state index in [0.29, 0.717) is 11.5 Å². The van der Waals surface area contributed by atoms with Crippen LogP contribution in [0.25, 0.3) is 11.5 Å². The van der Waals surface area contributed by atoms with Crippen molar-refractivity contribution < 1.29 is 9.32 Å². The summed E-state index contributed by atoms with van der Waals surface area (Å²) < 4.78 is 5.25. The predicted octanol–water partition coefficient (Wildman–Crippen LogP) is 4.06. The Kier molecular flexibility index (Phi) is 5.47. The van der Waals surface area contributed by atoms with E-state index in [1.807, 2.05) is 12.1 Å². The first-order valence-electron chi connectivity index (χ1n) is 7.21. The molecule has 2 aromatic rings.